The molecule has 0 radical (unpaired) electrons. The van der Waals surface area contributed by atoms with Crippen molar-refractivity contribution in [3.8, 4) is 5.75 Å². The van der Waals surface area contributed by atoms with Crippen LogP contribution in [0.25, 0.3) is 10.9 Å². The number of H-pyrrole nitrogens is 1. The second-order valence-electron chi connectivity index (χ2n) is 5.82. The van der Waals surface area contributed by atoms with Gasteiger partial charge in [-0.15, -0.1) is 0 Å². The SMILES string of the molecule is COCCn1c(=O)[nH]c2cc(C(=O)Nc3ccc(OC)cc3)ccc2c1=O. The average molecular weight is 369 g/mol. The van der Waals surface area contributed by atoms with Crippen molar-refractivity contribution in [3.63, 3.8) is 0 Å². The molecule has 140 valence electrons. The number of fused-ring (bicyclic) bond motifs is 1. The first-order valence-corrected chi connectivity index (χ1v) is 8.24. The highest BCUT2D eigenvalue weighted by Gasteiger charge is 2.11. The van der Waals surface area contributed by atoms with Gasteiger partial charge in [0.25, 0.3) is 11.5 Å². The smallest absolute Gasteiger partial charge is 0.328 e. The predicted molar refractivity (Wildman–Crippen MR) is 102 cm³/mol. The third kappa shape index (κ3) is 3.90. The summed E-state index contributed by atoms with van der Waals surface area (Å²) in [5.74, 6) is 0.326. The van der Waals surface area contributed by atoms with E-state index in [1.807, 2.05) is 0 Å². The summed E-state index contributed by atoms with van der Waals surface area (Å²) in [7, 11) is 3.06. The van der Waals surface area contributed by atoms with Crippen molar-refractivity contribution in [2.24, 2.45) is 0 Å². The maximum absolute atomic E-state index is 12.5. The number of benzene rings is 2. The van der Waals surface area contributed by atoms with Gasteiger partial charge in [0.2, 0.25) is 0 Å². The standard InChI is InChI=1S/C19H19N3O5/c1-26-10-9-22-18(24)15-8-3-12(11-16(15)21-19(22)25)17(23)20-13-4-6-14(27-2)7-5-13/h3-8,11H,9-10H2,1-2H3,(H,20,23)(H,21,25). The average Bonchev–Trinajstić information content (AvgIpc) is 2.68. The van der Waals surface area contributed by atoms with E-state index < -0.39 is 11.2 Å². The van der Waals surface area contributed by atoms with Crippen molar-refractivity contribution in [3.05, 3.63) is 68.9 Å². The van der Waals surface area contributed by atoms with Gasteiger partial charge in [-0.2, -0.15) is 0 Å². The van der Waals surface area contributed by atoms with Gasteiger partial charge in [-0.1, -0.05) is 0 Å². The van der Waals surface area contributed by atoms with Crippen LogP contribution in [-0.4, -0.2) is 36.3 Å². The molecule has 0 aliphatic heterocycles. The van der Waals surface area contributed by atoms with Crippen molar-refractivity contribution < 1.29 is 14.3 Å². The minimum Gasteiger partial charge on any atom is -0.497 e. The summed E-state index contributed by atoms with van der Waals surface area (Å²) in [5, 5.41) is 3.08. The second kappa shape index (κ2) is 7.88. The van der Waals surface area contributed by atoms with Crippen molar-refractivity contribution in [2.75, 3.05) is 26.1 Å². The van der Waals surface area contributed by atoms with Crippen LogP contribution in [0.1, 0.15) is 10.4 Å². The van der Waals surface area contributed by atoms with Gasteiger partial charge in [0.05, 0.1) is 31.2 Å². The number of carbonyl (C=O) groups excluding carboxylic acids is 1. The van der Waals surface area contributed by atoms with Crippen molar-refractivity contribution in [1.29, 1.82) is 0 Å². The van der Waals surface area contributed by atoms with E-state index in [0.29, 0.717) is 27.9 Å². The van der Waals surface area contributed by atoms with E-state index in [0.717, 1.165) is 4.57 Å². The van der Waals surface area contributed by atoms with Crippen LogP contribution >= 0.6 is 0 Å². The lowest BCUT2D eigenvalue weighted by molar-refractivity contribution is 0.102. The zero-order valence-electron chi connectivity index (χ0n) is 14.9. The van der Waals surface area contributed by atoms with Gasteiger partial charge in [-0.3, -0.25) is 14.2 Å². The Hall–Kier alpha value is -3.39. The lowest BCUT2D eigenvalue weighted by atomic mass is 10.1. The molecule has 8 heteroatoms. The Balaban J connectivity index is 1.90. The van der Waals surface area contributed by atoms with Crippen molar-refractivity contribution in [1.82, 2.24) is 9.55 Å². The highest BCUT2D eigenvalue weighted by molar-refractivity contribution is 6.06. The first-order chi connectivity index (χ1) is 13.0. The lowest BCUT2D eigenvalue weighted by Crippen LogP contribution is -2.36. The minimum atomic E-state index is -0.544. The Morgan fingerprint density at radius 2 is 1.85 bits per heavy atom. The maximum Gasteiger partial charge on any atom is 0.328 e. The lowest BCUT2D eigenvalue weighted by Gasteiger charge is -2.08. The van der Waals surface area contributed by atoms with Crippen LogP contribution < -0.4 is 21.3 Å². The monoisotopic (exact) mass is 369 g/mol. The van der Waals surface area contributed by atoms with E-state index in [4.69, 9.17) is 9.47 Å². The summed E-state index contributed by atoms with van der Waals surface area (Å²) in [5.41, 5.74) is 0.263. The molecule has 0 saturated heterocycles. The molecule has 0 atom stereocenters. The summed E-state index contributed by atoms with van der Waals surface area (Å²) in [6.45, 7) is 0.400. The van der Waals surface area contributed by atoms with Crippen LogP contribution in [-0.2, 0) is 11.3 Å². The largest absolute Gasteiger partial charge is 0.497 e. The number of aromatic amines is 1. The molecule has 0 aliphatic rings. The number of methoxy groups -OCH3 is 2. The van der Waals surface area contributed by atoms with E-state index >= 15 is 0 Å². The molecule has 0 aliphatic carbocycles. The van der Waals surface area contributed by atoms with Gasteiger partial charge in [-0.25, -0.2) is 4.79 Å². The number of carbonyl (C=O) groups is 1. The fraction of sp³-hybridized carbons (Fsp3) is 0.211. The molecule has 3 rings (SSSR count). The summed E-state index contributed by atoms with van der Waals surface area (Å²) in [6, 6.07) is 11.5. The zero-order valence-corrected chi connectivity index (χ0v) is 14.9. The van der Waals surface area contributed by atoms with Crippen LogP contribution in [0.3, 0.4) is 0 Å². The van der Waals surface area contributed by atoms with Crippen LogP contribution in [0.2, 0.25) is 0 Å². The van der Waals surface area contributed by atoms with Gasteiger partial charge in [0.1, 0.15) is 5.75 Å². The van der Waals surface area contributed by atoms with Crippen LogP contribution in [0.15, 0.2) is 52.1 Å². The summed E-state index contributed by atoms with van der Waals surface area (Å²) < 4.78 is 11.1. The number of nitrogens with zero attached hydrogens (tertiary/aromatic N) is 1. The predicted octanol–water partition coefficient (Wildman–Crippen LogP) is 1.60. The molecular weight excluding hydrogens is 350 g/mol. The second-order valence-corrected chi connectivity index (χ2v) is 5.82. The Morgan fingerprint density at radius 3 is 2.52 bits per heavy atom. The fourth-order valence-electron chi connectivity index (χ4n) is 2.66. The van der Waals surface area contributed by atoms with E-state index in [2.05, 4.69) is 10.3 Å². The quantitative estimate of drug-likeness (QED) is 0.687. The van der Waals surface area contributed by atoms with E-state index in [1.165, 1.54) is 19.2 Å². The van der Waals surface area contributed by atoms with E-state index in [9.17, 15) is 14.4 Å². The third-order valence-electron chi connectivity index (χ3n) is 4.11. The number of amides is 1. The first kappa shape index (κ1) is 18.4. The van der Waals surface area contributed by atoms with Crippen molar-refractivity contribution in [2.45, 2.75) is 6.54 Å². The molecule has 2 aromatic carbocycles. The van der Waals surface area contributed by atoms with Gasteiger partial charge in [-0.05, 0) is 42.5 Å². The molecule has 1 amide bonds. The van der Waals surface area contributed by atoms with Crippen LogP contribution in [0, 0.1) is 0 Å². The number of anilines is 1. The Kier molecular flexibility index (Phi) is 5.37. The molecule has 1 aromatic heterocycles. The molecule has 3 aromatic rings. The number of hydrogen-bond donors (Lipinski definition) is 2. The van der Waals surface area contributed by atoms with Crippen molar-refractivity contribution >= 4 is 22.5 Å². The number of rotatable bonds is 6. The van der Waals surface area contributed by atoms with Gasteiger partial charge in [0, 0.05) is 18.4 Å². The molecule has 27 heavy (non-hydrogen) atoms. The highest BCUT2D eigenvalue weighted by atomic mass is 16.5. The van der Waals surface area contributed by atoms with Gasteiger partial charge in [0.15, 0.2) is 0 Å². The number of nitrogens with one attached hydrogen (secondary N) is 2. The number of hydrogen-bond acceptors (Lipinski definition) is 5. The van der Waals surface area contributed by atoms with Crippen LogP contribution in [0.4, 0.5) is 5.69 Å². The topological polar surface area (TPSA) is 102 Å². The van der Waals surface area contributed by atoms with Crippen LogP contribution in [0.5, 0.6) is 5.75 Å². The maximum atomic E-state index is 12.5. The minimum absolute atomic E-state index is 0.153. The molecule has 0 saturated carbocycles. The fourth-order valence-corrected chi connectivity index (χ4v) is 2.66. The zero-order chi connectivity index (χ0) is 19.4. The number of aromatic nitrogens is 2. The molecule has 1 heterocycles. The van der Waals surface area contributed by atoms with Gasteiger partial charge < -0.3 is 19.8 Å². The highest BCUT2D eigenvalue weighted by Crippen LogP contribution is 2.17. The molecule has 0 spiro atoms. The van der Waals surface area contributed by atoms with Gasteiger partial charge >= 0.3 is 5.69 Å². The third-order valence-corrected chi connectivity index (χ3v) is 4.11. The molecule has 0 bridgehead atoms. The molecule has 2 N–H and O–H groups in total. The molecule has 0 fully saturated rings. The number of ether oxygens (including phenoxy) is 2. The first-order valence-electron chi connectivity index (χ1n) is 8.24. The Bertz CT molecular complexity index is 1080. The summed E-state index contributed by atoms with van der Waals surface area (Å²) >= 11 is 0. The normalized spacial score (nSPS) is 10.7. The molecule has 8 nitrogen and oxygen atoms in total. The summed E-state index contributed by atoms with van der Waals surface area (Å²) in [6.07, 6.45) is 0. The Labute approximate surface area is 154 Å². The molecule has 0 unspecified atom stereocenters. The van der Waals surface area contributed by atoms with E-state index in [-0.39, 0.29) is 19.1 Å². The summed E-state index contributed by atoms with van der Waals surface area (Å²) in [4.78, 5) is 39.7. The molecular formula is C19H19N3O5. The van der Waals surface area contributed by atoms with E-state index in [1.54, 1.807) is 37.4 Å². The Morgan fingerprint density at radius 1 is 1.11 bits per heavy atom.